The summed E-state index contributed by atoms with van der Waals surface area (Å²) in [6, 6.07) is 1.92. The molecule has 0 aliphatic heterocycles. The second-order valence-corrected chi connectivity index (χ2v) is 5.51. The molecule has 0 spiro atoms. The Morgan fingerprint density at radius 2 is 2.18 bits per heavy atom. The first-order valence-corrected chi connectivity index (χ1v) is 5.85. The molecular weight excluding hydrogens is 220 g/mol. The zero-order valence-electron chi connectivity index (χ0n) is 10.6. The fourth-order valence-corrected chi connectivity index (χ4v) is 1.89. The summed E-state index contributed by atoms with van der Waals surface area (Å²) in [5, 5.41) is 21.2. The minimum atomic E-state index is -0.825. The van der Waals surface area contributed by atoms with Crippen LogP contribution in [0.3, 0.4) is 0 Å². The third-order valence-electron chi connectivity index (χ3n) is 2.92. The maximum Gasteiger partial charge on any atom is 0.408 e. The lowest BCUT2D eigenvalue weighted by Gasteiger charge is -2.45. The monoisotopic (exact) mass is 240 g/mol. The van der Waals surface area contributed by atoms with Crippen LogP contribution in [0.15, 0.2) is 0 Å². The smallest absolute Gasteiger partial charge is 0.408 e. The van der Waals surface area contributed by atoms with Crippen LogP contribution >= 0.6 is 0 Å². The van der Waals surface area contributed by atoms with Crippen LogP contribution in [-0.4, -0.2) is 28.4 Å². The van der Waals surface area contributed by atoms with Crippen LogP contribution in [0.4, 0.5) is 4.79 Å². The van der Waals surface area contributed by atoms with Gasteiger partial charge in [-0.1, -0.05) is 0 Å². The van der Waals surface area contributed by atoms with Gasteiger partial charge in [-0.25, -0.2) is 4.79 Å². The van der Waals surface area contributed by atoms with Crippen molar-refractivity contribution in [2.75, 3.05) is 0 Å². The predicted octanol–water partition coefficient (Wildman–Crippen LogP) is 1.71. The van der Waals surface area contributed by atoms with Gasteiger partial charge >= 0.3 is 6.09 Å². The maximum absolute atomic E-state index is 11.6. The van der Waals surface area contributed by atoms with Crippen LogP contribution in [-0.2, 0) is 4.74 Å². The van der Waals surface area contributed by atoms with Crippen LogP contribution in [0, 0.1) is 11.3 Å². The Labute approximate surface area is 102 Å². The van der Waals surface area contributed by atoms with E-state index >= 15 is 0 Å². The molecule has 0 saturated heterocycles. The molecule has 1 amide bonds. The number of hydrogen-bond acceptors (Lipinski definition) is 4. The number of ether oxygens (including phenoxy) is 1. The number of aliphatic hydroxyl groups is 1. The number of amides is 1. The predicted molar refractivity (Wildman–Crippen MR) is 62.2 cm³/mol. The Balaban J connectivity index is 2.58. The molecule has 0 aromatic carbocycles. The molecule has 1 saturated carbocycles. The Bertz CT molecular complexity index is 324. The first kappa shape index (κ1) is 13.8. The highest BCUT2D eigenvalue weighted by Gasteiger charge is 2.45. The van der Waals surface area contributed by atoms with E-state index in [-0.39, 0.29) is 6.42 Å². The van der Waals surface area contributed by atoms with Crippen LogP contribution < -0.4 is 5.32 Å². The van der Waals surface area contributed by atoms with E-state index in [0.717, 1.165) is 6.42 Å². The van der Waals surface area contributed by atoms with Crippen molar-refractivity contribution in [3.63, 3.8) is 0 Å². The normalized spacial score (nSPS) is 19.7. The van der Waals surface area contributed by atoms with Crippen molar-refractivity contribution in [2.24, 2.45) is 0 Å². The molecule has 1 rings (SSSR count). The summed E-state index contributed by atoms with van der Waals surface area (Å²) in [4.78, 5) is 11.6. The summed E-state index contributed by atoms with van der Waals surface area (Å²) in [6.45, 7) is 5.35. The van der Waals surface area contributed by atoms with Crippen molar-refractivity contribution in [1.82, 2.24) is 5.32 Å². The largest absolute Gasteiger partial charge is 0.444 e. The van der Waals surface area contributed by atoms with Crippen molar-refractivity contribution >= 4 is 6.09 Å². The minimum absolute atomic E-state index is 0.0236. The highest BCUT2D eigenvalue weighted by atomic mass is 16.6. The number of carbonyl (C=O) groups is 1. The number of nitrogens with one attached hydrogen (secondary N) is 1. The van der Waals surface area contributed by atoms with Crippen LogP contribution in [0.25, 0.3) is 0 Å². The number of nitrogens with zero attached hydrogens (tertiary/aromatic N) is 1. The molecule has 96 valence electrons. The fraction of sp³-hybridized carbons (Fsp3) is 0.833. The lowest BCUT2D eigenvalue weighted by molar-refractivity contribution is -0.00719. The van der Waals surface area contributed by atoms with Gasteiger partial charge in [0.05, 0.1) is 24.1 Å². The van der Waals surface area contributed by atoms with Gasteiger partial charge in [-0.3, -0.25) is 0 Å². The summed E-state index contributed by atoms with van der Waals surface area (Å²) in [5.74, 6) is 0. The minimum Gasteiger partial charge on any atom is -0.444 e. The quantitative estimate of drug-likeness (QED) is 0.786. The van der Waals surface area contributed by atoms with E-state index in [1.54, 1.807) is 20.8 Å². The van der Waals surface area contributed by atoms with E-state index in [0.29, 0.717) is 12.8 Å². The number of hydrogen-bond donors (Lipinski definition) is 2. The Morgan fingerprint density at radius 3 is 2.53 bits per heavy atom. The fourth-order valence-electron chi connectivity index (χ4n) is 1.89. The van der Waals surface area contributed by atoms with Crippen LogP contribution in [0.5, 0.6) is 0 Å². The Kier molecular flexibility index (Phi) is 3.99. The second kappa shape index (κ2) is 4.92. The molecule has 5 nitrogen and oxygen atoms in total. The van der Waals surface area contributed by atoms with Gasteiger partial charge in [-0.15, -0.1) is 0 Å². The third-order valence-corrected chi connectivity index (χ3v) is 2.92. The lowest BCUT2D eigenvalue weighted by Crippen LogP contribution is -2.61. The Hall–Kier alpha value is -1.28. The maximum atomic E-state index is 11.6. The van der Waals surface area contributed by atoms with Gasteiger partial charge in [-0.05, 0) is 40.0 Å². The van der Waals surface area contributed by atoms with Gasteiger partial charge in [0.2, 0.25) is 0 Å². The van der Waals surface area contributed by atoms with E-state index in [1.165, 1.54) is 0 Å². The van der Waals surface area contributed by atoms with Gasteiger partial charge in [0.25, 0.3) is 0 Å². The summed E-state index contributed by atoms with van der Waals surface area (Å²) in [7, 11) is 0. The van der Waals surface area contributed by atoms with E-state index in [1.807, 2.05) is 6.07 Å². The first-order chi connectivity index (χ1) is 7.79. The molecule has 1 aliphatic carbocycles. The third kappa shape index (κ3) is 3.60. The average Bonchev–Trinajstić information content (AvgIpc) is 2.08. The van der Waals surface area contributed by atoms with Crippen molar-refractivity contribution in [1.29, 1.82) is 5.26 Å². The standard InChI is InChI=1S/C12H20N2O3/c1-11(2,3)17-10(16)14-12(6-4-7-12)9(15)5-8-13/h9,15H,4-7H2,1-3H3,(H,14,16). The molecular formula is C12H20N2O3. The number of aliphatic hydroxyl groups excluding tert-OH is 1. The van der Waals surface area contributed by atoms with E-state index in [9.17, 15) is 9.90 Å². The zero-order valence-corrected chi connectivity index (χ0v) is 10.6. The van der Waals surface area contributed by atoms with Gasteiger partial charge in [-0.2, -0.15) is 5.26 Å². The molecule has 5 heteroatoms. The first-order valence-electron chi connectivity index (χ1n) is 5.85. The molecule has 17 heavy (non-hydrogen) atoms. The van der Waals surface area contributed by atoms with Crippen molar-refractivity contribution < 1.29 is 14.6 Å². The van der Waals surface area contributed by atoms with Crippen molar-refractivity contribution in [3.8, 4) is 6.07 Å². The molecule has 1 unspecified atom stereocenters. The average molecular weight is 240 g/mol. The molecule has 0 bridgehead atoms. The second-order valence-electron chi connectivity index (χ2n) is 5.51. The molecule has 1 aliphatic rings. The summed E-state index contributed by atoms with van der Waals surface area (Å²) < 4.78 is 5.15. The van der Waals surface area contributed by atoms with E-state index in [4.69, 9.17) is 10.00 Å². The molecule has 0 aromatic heterocycles. The van der Waals surface area contributed by atoms with Crippen LogP contribution in [0.1, 0.15) is 46.5 Å². The summed E-state index contributed by atoms with van der Waals surface area (Å²) >= 11 is 0. The molecule has 2 N–H and O–H groups in total. The highest BCUT2D eigenvalue weighted by molar-refractivity contribution is 5.69. The zero-order chi connectivity index (χ0) is 13.1. The van der Waals surface area contributed by atoms with Gasteiger partial charge in [0.15, 0.2) is 0 Å². The molecule has 0 heterocycles. The van der Waals surface area contributed by atoms with Gasteiger partial charge in [0, 0.05) is 0 Å². The lowest BCUT2D eigenvalue weighted by atomic mass is 9.72. The van der Waals surface area contributed by atoms with E-state index in [2.05, 4.69) is 5.32 Å². The molecule has 1 atom stereocenters. The number of rotatable bonds is 3. The van der Waals surface area contributed by atoms with E-state index < -0.39 is 23.3 Å². The molecule has 0 aromatic rings. The summed E-state index contributed by atoms with van der Waals surface area (Å²) in [6.07, 6.45) is 0.987. The van der Waals surface area contributed by atoms with Crippen LogP contribution in [0.2, 0.25) is 0 Å². The summed E-state index contributed by atoms with van der Waals surface area (Å²) in [5.41, 5.74) is -1.23. The molecule has 0 radical (unpaired) electrons. The topological polar surface area (TPSA) is 82.3 Å². The highest BCUT2D eigenvalue weighted by Crippen LogP contribution is 2.36. The van der Waals surface area contributed by atoms with Gasteiger partial charge in [0.1, 0.15) is 5.60 Å². The van der Waals surface area contributed by atoms with Crippen molar-refractivity contribution in [2.45, 2.75) is 63.7 Å². The number of carbonyl (C=O) groups excluding carboxylic acids is 1. The Morgan fingerprint density at radius 1 is 1.59 bits per heavy atom. The number of nitriles is 1. The molecule has 1 fully saturated rings. The SMILES string of the molecule is CC(C)(C)OC(=O)NC1(C(O)CC#N)CCC1. The van der Waals surface area contributed by atoms with Crippen molar-refractivity contribution in [3.05, 3.63) is 0 Å². The van der Waals surface area contributed by atoms with Gasteiger partial charge < -0.3 is 15.2 Å². The number of alkyl carbamates (subject to hydrolysis) is 1.